The number of unbranched alkanes of at least 4 members (excludes halogenated alkanes) is 45. The summed E-state index contributed by atoms with van der Waals surface area (Å²) in [6, 6.07) is 0. The average molecular weight is 934 g/mol. The molecule has 0 fully saturated rings. The van der Waals surface area contributed by atoms with Crippen molar-refractivity contribution in [3.8, 4) is 0 Å². The zero-order valence-corrected chi connectivity index (χ0v) is 45.0. The van der Waals surface area contributed by atoms with Crippen LogP contribution in [-0.2, 0) is 28.6 Å². The molecule has 0 aromatic carbocycles. The highest BCUT2D eigenvalue weighted by Gasteiger charge is 2.19. The largest absolute Gasteiger partial charge is 0.462 e. The van der Waals surface area contributed by atoms with Gasteiger partial charge < -0.3 is 14.2 Å². The first-order valence-electron chi connectivity index (χ1n) is 30.0. The Morgan fingerprint density at radius 3 is 0.606 bits per heavy atom. The summed E-state index contributed by atoms with van der Waals surface area (Å²) in [6.45, 7) is 6.71. The molecule has 0 saturated heterocycles. The van der Waals surface area contributed by atoms with Crippen molar-refractivity contribution in [1.29, 1.82) is 0 Å². The Kier molecular flexibility index (Phi) is 54.7. The Hall–Kier alpha value is -1.59. The third-order valence-electron chi connectivity index (χ3n) is 13.9. The van der Waals surface area contributed by atoms with E-state index in [1.807, 2.05) is 0 Å². The zero-order valence-electron chi connectivity index (χ0n) is 45.0. The zero-order chi connectivity index (χ0) is 47.9. The van der Waals surface area contributed by atoms with Gasteiger partial charge in [0.2, 0.25) is 0 Å². The highest BCUT2D eigenvalue weighted by Crippen LogP contribution is 2.18. The molecule has 0 heterocycles. The van der Waals surface area contributed by atoms with E-state index in [1.165, 1.54) is 250 Å². The molecule has 0 saturated carbocycles. The van der Waals surface area contributed by atoms with Crippen LogP contribution in [0.3, 0.4) is 0 Å². The summed E-state index contributed by atoms with van der Waals surface area (Å²) >= 11 is 0. The summed E-state index contributed by atoms with van der Waals surface area (Å²) in [5.41, 5.74) is 0. The molecule has 0 aromatic rings. The lowest BCUT2D eigenvalue weighted by molar-refractivity contribution is -0.167. The Morgan fingerprint density at radius 1 is 0.242 bits per heavy atom. The first-order valence-corrected chi connectivity index (χ1v) is 30.0. The van der Waals surface area contributed by atoms with Gasteiger partial charge in [-0.15, -0.1) is 0 Å². The molecule has 0 bridgehead atoms. The van der Waals surface area contributed by atoms with Crippen molar-refractivity contribution in [2.24, 2.45) is 0 Å². The predicted molar refractivity (Wildman–Crippen MR) is 284 cm³/mol. The summed E-state index contributed by atoms with van der Waals surface area (Å²) in [4.78, 5) is 38.2. The van der Waals surface area contributed by atoms with Gasteiger partial charge in [0.25, 0.3) is 0 Å². The van der Waals surface area contributed by atoms with E-state index in [-0.39, 0.29) is 31.1 Å². The lowest BCUT2D eigenvalue weighted by Crippen LogP contribution is -2.30. The smallest absolute Gasteiger partial charge is 0.306 e. The minimum atomic E-state index is -0.761. The Labute approximate surface area is 412 Å². The molecule has 0 aromatic heterocycles. The second-order valence-corrected chi connectivity index (χ2v) is 20.6. The van der Waals surface area contributed by atoms with Gasteiger partial charge in [-0.25, -0.2) is 0 Å². The normalized spacial score (nSPS) is 11.9. The van der Waals surface area contributed by atoms with E-state index in [1.54, 1.807) is 0 Å². The summed E-state index contributed by atoms with van der Waals surface area (Å²) in [5, 5.41) is 0. The molecular weight excluding hydrogens is 817 g/mol. The lowest BCUT2D eigenvalue weighted by Gasteiger charge is -2.18. The van der Waals surface area contributed by atoms with Crippen LogP contribution in [0.25, 0.3) is 0 Å². The number of esters is 3. The molecule has 0 aliphatic carbocycles. The predicted octanol–water partition coefficient (Wildman–Crippen LogP) is 19.9. The molecule has 0 aliphatic heterocycles. The molecule has 6 nitrogen and oxygen atoms in total. The molecule has 0 rings (SSSR count). The topological polar surface area (TPSA) is 78.9 Å². The molecular formula is C60H116O6. The van der Waals surface area contributed by atoms with E-state index in [2.05, 4.69) is 20.8 Å². The van der Waals surface area contributed by atoms with Gasteiger partial charge in [-0.05, 0) is 19.3 Å². The van der Waals surface area contributed by atoms with E-state index in [9.17, 15) is 14.4 Å². The summed E-state index contributed by atoms with van der Waals surface area (Å²) in [7, 11) is 0. The van der Waals surface area contributed by atoms with Gasteiger partial charge in [-0.3, -0.25) is 14.4 Å². The number of hydrogen-bond donors (Lipinski definition) is 0. The molecule has 1 atom stereocenters. The van der Waals surface area contributed by atoms with Gasteiger partial charge in [0.1, 0.15) is 13.2 Å². The minimum absolute atomic E-state index is 0.0608. The summed E-state index contributed by atoms with van der Waals surface area (Å²) < 4.78 is 16.9. The van der Waals surface area contributed by atoms with Gasteiger partial charge in [0.05, 0.1) is 0 Å². The SMILES string of the molecule is CCCCCCCCCCCCCCCCCCCCC(=O)O[C@H](COC(=O)CCCCCCCCCCCCCCC)COC(=O)CCCCCCCCCCCCCCCCCCC. The van der Waals surface area contributed by atoms with Crippen molar-refractivity contribution in [2.75, 3.05) is 13.2 Å². The van der Waals surface area contributed by atoms with Crippen molar-refractivity contribution >= 4 is 17.9 Å². The third kappa shape index (κ3) is 53.4. The molecule has 0 spiro atoms. The van der Waals surface area contributed by atoms with E-state index in [0.717, 1.165) is 57.8 Å². The van der Waals surface area contributed by atoms with E-state index >= 15 is 0 Å². The summed E-state index contributed by atoms with van der Waals surface area (Å²) in [5.74, 6) is -0.829. The first-order chi connectivity index (χ1) is 32.5. The Balaban J connectivity index is 4.27. The van der Waals surface area contributed by atoms with Gasteiger partial charge in [0, 0.05) is 19.3 Å². The quantitative estimate of drug-likeness (QED) is 0.0343. The maximum absolute atomic E-state index is 12.9. The number of carbonyl (C=O) groups excluding carboxylic acids is 3. The van der Waals surface area contributed by atoms with Crippen LogP contribution in [0.5, 0.6) is 0 Å². The monoisotopic (exact) mass is 933 g/mol. The fourth-order valence-corrected chi connectivity index (χ4v) is 9.33. The van der Waals surface area contributed by atoms with Crippen molar-refractivity contribution in [1.82, 2.24) is 0 Å². The molecule has 0 unspecified atom stereocenters. The van der Waals surface area contributed by atoms with E-state index in [0.29, 0.717) is 19.3 Å². The fraction of sp³-hybridized carbons (Fsp3) is 0.950. The van der Waals surface area contributed by atoms with Gasteiger partial charge >= 0.3 is 17.9 Å². The van der Waals surface area contributed by atoms with Gasteiger partial charge in [0.15, 0.2) is 6.10 Å². The Bertz CT molecular complexity index is 982. The minimum Gasteiger partial charge on any atom is -0.462 e. The molecule has 392 valence electrons. The highest BCUT2D eigenvalue weighted by atomic mass is 16.6. The van der Waals surface area contributed by atoms with Crippen molar-refractivity contribution in [3.05, 3.63) is 0 Å². The average Bonchev–Trinajstić information content (AvgIpc) is 3.31. The number of carbonyl (C=O) groups is 3. The summed E-state index contributed by atoms with van der Waals surface area (Å²) in [6.07, 6.45) is 62.4. The van der Waals surface area contributed by atoms with Crippen molar-refractivity contribution in [2.45, 2.75) is 354 Å². The molecule has 0 N–H and O–H groups in total. The number of rotatable bonds is 56. The highest BCUT2D eigenvalue weighted by molar-refractivity contribution is 5.71. The van der Waals surface area contributed by atoms with Crippen LogP contribution in [0.4, 0.5) is 0 Å². The fourth-order valence-electron chi connectivity index (χ4n) is 9.33. The molecule has 66 heavy (non-hydrogen) atoms. The molecule has 0 radical (unpaired) electrons. The standard InChI is InChI=1S/C60H116O6/c1-4-7-10-13-16-19-22-25-27-29-31-33-36-39-42-45-48-51-54-60(63)66-57(55-64-58(61)52-49-46-43-40-37-34-24-21-18-15-12-9-6-3)56-65-59(62)53-50-47-44-41-38-35-32-30-28-26-23-20-17-14-11-8-5-2/h57H,4-56H2,1-3H3/t57-/m1/s1. The van der Waals surface area contributed by atoms with Crippen LogP contribution >= 0.6 is 0 Å². The Morgan fingerprint density at radius 2 is 0.409 bits per heavy atom. The molecule has 0 amide bonds. The van der Waals surface area contributed by atoms with Crippen LogP contribution in [0.15, 0.2) is 0 Å². The first kappa shape index (κ1) is 64.4. The third-order valence-corrected chi connectivity index (χ3v) is 13.9. The van der Waals surface area contributed by atoms with Crippen molar-refractivity contribution in [3.63, 3.8) is 0 Å². The van der Waals surface area contributed by atoms with Crippen LogP contribution in [-0.4, -0.2) is 37.2 Å². The van der Waals surface area contributed by atoms with Crippen LogP contribution in [0, 0.1) is 0 Å². The van der Waals surface area contributed by atoms with Crippen molar-refractivity contribution < 1.29 is 28.6 Å². The van der Waals surface area contributed by atoms with E-state index in [4.69, 9.17) is 14.2 Å². The number of ether oxygens (including phenoxy) is 3. The maximum atomic E-state index is 12.9. The molecule has 0 aliphatic rings. The van der Waals surface area contributed by atoms with Crippen LogP contribution in [0.1, 0.15) is 348 Å². The second-order valence-electron chi connectivity index (χ2n) is 20.6. The van der Waals surface area contributed by atoms with Crippen LogP contribution in [0.2, 0.25) is 0 Å². The maximum Gasteiger partial charge on any atom is 0.306 e. The van der Waals surface area contributed by atoms with Gasteiger partial charge in [-0.2, -0.15) is 0 Å². The van der Waals surface area contributed by atoms with E-state index < -0.39 is 6.10 Å². The molecule has 6 heteroatoms. The van der Waals surface area contributed by atoms with Gasteiger partial charge in [-0.1, -0.05) is 310 Å². The second kappa shape index (κ2) is 56.0. The number of hydrogen-bond acceptors (Lipinski definition) is 6. The van der Waals surface area contributed by atoms with Crippen LogP contribution < -0.4 is 0 Å². The lowest BCUT2D eigenvalue weighted by atomic mass is 10.0.